The Kier molecular flexibility index (Phi) is 3.32. The number of aliphatic carboxylic acids is 1. The summed E-state index contributed by atoms with van der Waals surface area (Å²) in [7, 11) is 0. The topological polar surface area (TPSA) is 89.3 Å². The normalized spacial score (nSPS) is 13.7. The first kappa shape index (κ1) is 13.5. The van der Waals surface area contributed by atoms with E-state index in [9.17, 15) is 4.79 Å². The van der Waals surface area contributed by atoms with Gasteiger partial charge in [0, 0.05) is 13.0 Å². The quantitative estimate of drug-likeness (QED) is 0.884. The third-order valence-corrected chi connectivity index (χ3v) is 3.26. The van der Waals surface area contributed by atoms with Gasteiger partial charge < -0.3 is 15.3 Å². The number of carbonyl (C=O) groups is 1. The Labute approximate surface area is 111 Å². The minimum Gasteiger partial charge on any atom is -0.481 e. The smallest absolute Gasteiger partial charge is 0.309 e. The van der Waals surface area contributed by atoms with Gasteiger partial charge in [0.05, 0.1) is 5.41 Å². The fraction of sp³-hybridized carbons (Fsp3) is 0.429. The molecule has 1 unspecified atom stereocenters. The first-order valence-corrected chi connectivity index (χ1v) is 6.16. The molecule has 1 atom stereocenters. The van der Waals surface area contributed by atoms with Crippen LogP contribution in [0.25, 0.3) is 11.1 Å². The highest BCUT2D eigenvalue weighted by molar-refractivity contribution is 5.74. The van der Waals surface area contributed by atoms with Crippen LogP contribution in [-0.2, 0) is 4.79 Å². The molecule has 0 radical (unpaired) electrons. The molecule has 1 aromatic carbocycles. The van der Waals surface area contributed by atoms with Crippen LogP contribution in [0.3, 0.4) is 0 Å². The predicted molar refractivity (Wildman–Crippen MR) is 71.7 cm³/mol. The third kappa shape index (κ3) is 2.76. The molecule has 5 heteroatoms. The van der Waals surface area contributed by atoms with Crippen molar-refractivity contribution in [2.24, 2.45) is 11.1 Å². The van der Waals surface area contributed by atoms with Crippen LogP contribution in [0.15, 0.2) is 22.6 Å². The molecule has 0 aliphatic carbocycles. The van der Waals surface area contributed by atoms with Crippen LogP contribution in [-0.4, -0.2) is 16.1 Å². The maximum absolute atomic E-state index is 11.1. The molecule has 0 amide bonds. The highest BCUT2D eigenvalue weighted by atomic mass is 16.4. The molecular formula is C14H18N2O3. The van der Waals surface area contributed by atoms with Crippen LogP contribution in [0.4, 0.5) is 0 Å². The van der Waals surface area contributed by atoms with Gasteiger partial charge in [0.15, 0.2) is 11.5 Å². The van der Waals surface area contributed by atoms with Crippen molar-refractivity contribution >= 4 is 17.1 Å². The summed E-state index contributed by atoms with van der Waals surface area (Å²) in [6.45, 7) is 5.13. The Morgan fingerprint density at radius 3 is 2.84 bits per heavy atom. The van der Waals surface area contributed by atoms with Gasteiger partial charge in [-0.25, -0.2) is 4.98 Å². The zero-order valence-electron chi connectivity index (χ0n) is 11.3. The number of oxazole rings is 1. The van der Waals surface area contributed by atoms with E-state index in [4.69, 9.17) is 15.3 Å². The average molecular weight is 262 g/mol. The summed E-state index contributed by atoms with van der Waals surface area (Å²) in [6.07, 6.45) is 0.366. The molecule has 0 saturated carbocycles. The number of hydrogen-bond acceptors (Lipinski definition) is 4. The predicted octanol–water partition coefficient (Wildman–Crippen LogP) is 2.64. The van der Waals surface area contributed by atoms with Crippen molar-refractivity contribution in [1.82, 2.24) is 4.98 Å². The van der Waals surface area contributed by atoms with Crippen LogP contribution >= 0.6 is 0 Å². The third-order valence-electron chi connectivity index (χ3n) is 3.26. The van der Waals surface area contributed by atoms with Gasteiger partial charge in [-0.3, -0.25) is 4.79 Å². The lowest BCUT2D eigenvalue weighted by Gasteiger charge is -2.23. The summed E-state index contributed by atoms with van der Waals surface area (Å²) in [5.41, 5.74) is 7.57. The molecular weight excluding hydrogens is 244 g/mol. The Balaban J connectivity index is 2.26. The number of fused-ring (bicyclic) bond motifs is 1. The number of aryl methyl sites for hydroxylation is 1. The van der Waals surface area contributed by atoms with Crippen LogP contribution in [0, 0.1) is 12.3 Å². The Morgan fingerprint density at radius 1 is 1.53 bits per heavy atom. The molecule has 5 nitrogen and oxygen atoms in total. The first-order chi connectivity index (χ1) is 8.79. The summed E-state index contributed by atoms with van der Waals surface area (Å²) < 4.78 is 5.40. The van der Waals surface area contributed by atoms with Crippen LogP contribution in [0.2, 0.25) is 0 Å². The second-order valence-electron chi connectivity index (χ2n) is 5.46. The van der Waals surface area contributed by atoms with Crippen molar-refractivity contribution in [1.29, 1.82) is 0 Å². The van der Waals surface area contributed by atoms with E-state index in [1.165, 1.54) is 0 Å². The number of hydrogen-bond donors (Lipinski definition) is 2. The molecule has 0 bridgehead atoms. The van der Waals surface area contributed by atoms with Crippen LogP contribution < -0.4 is 5.73 Å². The monoisotopic (exact) mass is 262 g/mol. The zero-order chi connectivity index (χ0) is 14.2. The molecule has 2 aromatic rings. The van der Waals surface area contributed by atoms with E-state index in [-0.39, 0.29) is 6.04 Å². The SMILES string of the molecule is Cc1nc2cc(C(N)CC(C)(C)C(=O)O)ccc2o1. The maximum atomic E-state index is 11.1. The minimum absolute atomic E-state index is 0.340. The first-order valence-electron chi connectivity index (χ1n) is 6.16. The van der Waals surface area contributed by atoms with E-state index in [0.29, 0.717) is 17.9 Å². The number of nitrogens with two attached hydrogens (primary N) is 1. The number of nitrogens with zero attached hydrogens (tertiary/aromatic N) is 1. The van der Waals surface area contributed by atoms with Crippen molar-refractivity contribution in [3.05, 3.63) is 29.7 Å². The van der Waals surface area contributed by atoms with Crippen molar-refractivity contribution in [3.63, 3.8) is 0 Å². The number of aromatic nitrogens is 1. The van der Waals surface area contributed by atoms with E-state index >= 15 is 0 Å². The number of rotatable bonds is 4. The fourth-order valence-corrected chi connectivity index (χ4v) is 2.05. The maximum Gasteiger partial charge on any atom is 0.309 e. The van der Waals surface area contributed by atoms with E-state index in [1.54, 1.807) is 20.8 Å². The van der Waals surface area contributed by atoms with E-state index in [0.717, 1.165) is 11.1 Å². The molecule has 0 saturated heterocycles. The molecule has 102 valence electrons. The molecule has 2 rings (SSSR count). The van der Waals surface area contributed by atoms with Gasteiger partial charge in [-0.1, -0.05) is 6.07 Å². The standard InChI is InChI=1S/C14H18N2O3/c1-8-16-11-6-9(4-5-12(11)19-8)10(15)7-14(2,3)13(17)18/h4-6,10H,7,15H2,1-3H3,(H,17,18). The molecule has 1 heterocycles. The largest absolute Gasteiger partial charge is 0.481 e. The number of carboxylic acid groups (broad SMARTS) is 1. The van der Waals surface area contributed by atoms with Crippen molar-refractivity contribution in [2.45, 2.75) is 33.2 Å². The fourth-order valence-electron chi connectivity index (χ4n) is 2.05. The molecule has 0 aliphatic rings. The van der Waals surface area contributed by atoms with E-state index in [2.05, 4.69) is 4.98 Å². The van der Waals surface area contributed by atoms with Gasteiger partial charge in [0.2, 0.25) is 0 Å². The van der Waals surface area contributed by atoms with E-state index in [1.807, 2.05) is 18.2 Å². The number of carboxylic acids is 1. The zero-order valence-corrected chi connectivity index (χ0v) is 11.3. The van der Waals surface area contributed by atoms with Gasteiger partial charge in [0.1, 0.15) is 5.52 Å². The van der Waals surface area contributed by atoms with Gasteiger partial charge in [-0.05, 0) is 38.0 Å². The summed E-state index contributed by atoms with van der Waals surface area (Å²) in [5.74, 6) is -0.243. The molecule has 0 fully saturated rings. The molecule has 19 heavy (non-hydrogen) atoms. The second-order valence-corrected chi connectivity index (χ2v) is 5.46. The highest BCUT2D eigenvalue weighted by Crippen LogP contribution is 2.30. The van der Waals surface area contributed by atoms with E-state index < -0.39 is 11.4 Å². The van der Waals surface area contributed by atoms with Gasteiger partial charge in [-0.2, -0.15) is 0 Å². The lowest BCUT2D eigenvalue weighted by Crippen LogP contribution is -2.28. The van der Waals surface area contributed by atoms with Crippen molar-refractivity contribution < 1.29 is 14.3 Å². The molecule has 3 N–H and O–H groups in total. The summed E-state index contributed by atoms with van der Waals surface area (Å²) in [4.78, 5) is 15.4. The van der Waals surface area contributed by atoms with Crippen molar-refractivity contribution in [2.75, 3.05) is 0 Å². The lowest BCUT2D eigenvalue weighted by molar-refractivity contribution is -0.147. The molecule has 1 aromatic heterocycles. The van der Waals surface area contributed by atoms with Gasteiger partial charge >= 0.3 is 5.97 Å². The van der Waals surface area contributed by atoms with Gasteiger partial charge in [0.25, 0.3) is 0 Å². The summed E-state index contributed by atoms with van der Waals surface area (Å²) in [6, 6.07) is 5.19. The molecule has 0 aliphatic heterocycles. The van der Waals surface area contributed by atoms with Gasteiger partial charge in [-0.15, -0.1) is 0 Å². The summed E-state index contributed by atoms with van der Waals surface area (Å²) in [5, 5.41) is 9.13. The average Bonchev–Trinajstić information content (AvgIpc) is 2.66. The molecule has 0 spiro atoms. The Hall–Kier alpha value is -1.88. The highest BCUT2D eigenvalue weighted by Gasteiger charge is 2.30. The lowest BCUT2D eigenvalue weighted by atomic mass is 9.84. The minimum atomic E-state index is -0.853. The Morgan fingerprint density at radius 2 is 2.21 bits per heavy atom. The van der Waals surface area contributed by atoms with Crippen molar-refractivity contribution in [3.8, 4) is 0 Å². The van der Waals surface area contributed by atoms with Crippen LogP contribution in [0.1, 0.15) is 37.8 Å². The van der Waals surface area contributed by atoms with Crippen LogP contribution in [0.5, 0.6) is 0 Å². The second kappa shape index (κ2) is 4.66. The summed E-state index contributed by atoms with van der Waals surface area (Å²) >= 11 is 0. The Bertz CT molecular complexity index is 616. The number of benzene rings is 1.